The summed E-state index contributed by atoms with van der Waals surface area (Å²) < 4.78 is 223. The normalized spacial score (nSPS) is 29.4. The van der Waals surface area contributed by atoms with Crippen LogP contribution in [-0.4, -0.2) is 340 Å². The molecule has 8 aromatic rings. The summed E-state index contributed by atoms with van der Waals surface area (Å²) in [6, 6.07) is 0. The fourth-order valence-corrected chi connectivity index (χ4v) is 22.0. The number of rotatable bonds is 51. The minimum Gasteiger partial charge on any atom is -0.387 e. The molecule has 0 bridgehead atoms. The number of methoxy groups -OCH3 is 5. The predicted octanol–water partition coefficient (Wildman–Crippen LogP) is -0.701. The predicted molar refractivity (Wildman–Crippen MR) is 495 cm³/mol. The van der Waals surface area contributed by atoms with Crippen LogP contribution in [0.3, 0.4) is 0 Å². The Morgan fingerprint density at radius 2 is 0.685 bits per heavy atom. The van der Waals surface area contributed by atoms with E-state index in [1.807, 2.05) is 0 Å². The number of ether oxygens (including phenoxy) is 16. The summed E-state index contributed by atoms with van der Waals surface area (Å²) in [4.78, 5) is 144. The Morgan fingerprint density at radius 1 is 0.385 bits per heavy atom. The van der Waals surface area contributed by atoms with Gasteiger partial charge in [-0.25, -0.2) is 67.3 Å². The standard InChI is InChI=1S/C75H111N22O39P5S2/c1-35-22-92(72(99)88-59(35)76)46-21-40(39(5)126-46)132-140(109,142)125-30-45-52(57(119-19-14-114-9)70(131-45)96-33-86-47-63(80)82-31-84-65(47)96)135-138(105,106)122-28-43-50(55(117-17-12-112-7)68(129-43)94-24-37(3)61(78)90-74(94)101)133-137(103,104)121-27-42-51(56(118-18-13-113-8)69(128-42)95-25-38(4)62(79)91-75(95)102)134-139(107,108)123-29-44-53(58(120-20-15-115-10)71(130-44)97-34-87-48-64(81)83-32-85-66(48)97)136-141(110,143)124-26-41-49(98)54(116-16-11-111-6)67(127-41)93-23-36(2)60(77)89-73(93)100/h22-25,31-34,39-46,49-58,67-71,98H,11-21,26-30H2,1-10H3,(H,103,104)(H,105,106)(H,107,108)(H,109,142)(H,110,143)(H2,76,88,99)(H2,77,89,100)(H2,78,90,101)(H2,79,91,102)(H2,80,82,84)(H2,81,83,85)/t39-,40-,41-,42-,43-,44-,45-,46-,49+,50+,51+,52+,53+,54?,55?,56?,57?,58?,67-,68-,69-,70-,71-,140?,141?/m1/s1. The summed E-state index contributed by atoms with van der Waals surface area (Å²) in [7, 11) is -11.0. The van der Waals surface area contributed by atoms with Crippen LogP contribution in [-0.2, 0) is 151 Å². The lowest BCUT2D eigenvalue weighted by molar-refractivity contribution is -0.0852. The molecule has 0 aliphatic carbocycles. The van der Waals surface area contributed by atoms with E-state index >= 15 is 18.3 Å². The molecule has 6 fully saturated rings. The zero-order chi connectivity index (χ0) is 103. The highest BCUT2D eigenvalue weighted by atomic mass is 32.7. The first-order chi connectivity index (χ1) is 67.9. The third kappa shape index (κ3) is 26.3. The summed E-state index contributed by atoms with van der Waals surface area (Å²) >= 11 is 9.92. The molecular weight excluding hydrogens is 2050 g/mol. The molecule has 14 rings (SSSR count). The van der Waals surface area contributed by atoms with Crippen LogP contribution in [0.5, 0.6) is 0 Å². The van der Waals surface area contributed by atoms with Crippen molar-refractivity contribution in [1.29, 1.82) is 0 Å². The first-order valence-electron chi connectivity index (χ1n) is 43.6. The minimum absolute atomic E-state index is 0.00604. The maximum Gasteiger partial charge on any atom is 0.472 e. The molecule has 68 heteroatoms. The molecule has 17 N–H and O–H groups in total. The van der Waals surface area contributed by atoms with Crippen molar-refractivity contribution >= 4 is 118 Å². The summed E-state index contributed by atoms with van der Waals surface area (Å²) in [5.41, 5.74) is 34.0. The van der Waals surface area contributed by atoms with Gasteiger partial charge in [0.25, 0.3) is 0 Å². The van der Waals surface area contributed by atoms with Crippen LogP contribution < -0.4 is 57.2 Å². The Hall–Kier alpha value is -7.90. The lowest BCUT2D eigenvalue weighted by atomic mass is 10.1. The summed E-state index contributed by atoms with van der Waals surface area (Å²) in [6.07, 6.45) is -27.7. The zero-order valence-electron chi connectivity index (χ0n) is 78.0. The number of nitrogens with two attached hydrogens (primary N) is 6. The molecule has 0 radical (unpaired) electrons. The number of aliphatic hydroxyl groups is 1. The number of phosphoric ester groups is 3. The van der Waals surface area contributed by atoms with Gasteiger partial charge in [-0.3, -0.25) is 63.6 Å². The van der Waals surface area contributed by atoms with Gasteiger partial charge in [0.1, 0.15) is 145 Å². The number of fused-ring (bicyclic) bond motifs is 2. The van der Waals surface area contributed by atoms with Gasteiger partial charge in [0.2, 0.25) is 0 Å². The molecule has 6 saturated heterocycles. The first kappa shape index (κ1) is 111. The number of nitrogens with zero attached hydrogens (tertiary/aromatic N) is 16. The number of hydrogen-bond donors (Lipinski definition) is 12. The average molecular weight is 2160 g/mol. The van der Waals surface area contributed by atoms with Crippen LogP contribution in [0.2, 0.25) is 0 Å². The van der Waals surface area contributed by atoms with Crippen LogP contribution in [0, 0.1) is 27.7 Å². The Labute approximate surface area is 821 Å². The second kappa shape index (κ2) is 47.7. The van der Waals surface area contributed by atoms with Gasteiger partial charge in [0, 0.05) is 89.0 Å². The number of aromatic nitrogens is 16. The van der Waals surface area contributed by atoms with Crippen molar-refractivity contribution in [2.45, 2.75) is 182 Å². The molecule has 6 aliphatic rings. The average Bonchev–Trinajstić information content (AvgIpc) is 1.61. The lowest BCUT2D eigenvalue weighted by Crippen LogP contribution is -2.41. The number of nitrogen functional groups attached to an aromatic ring is 6. The number of thiol groups is 1. The van der Waals surface area contributed by atoms with Crippen molar-refractivity contribution in [2.24, 2.45) is 0 Å². The topological polar surface area (TPSA) is 792 Å². The molecule has 0 saturated carbocycles. The van der Waals surface area contributed by atoms with Gasteiger partial charge in [-0.1, -0.05) is 12.2 Å². The number of hydrogen-bond acceptors (Lipinski definition) is 52. The fraction of sp³-hybridized carbons (Fsp3) is 0.653. The number of aliphatic hydroxyl groups excluding tert-OH is 1. The third-order valence-corrected chi connectivity index (χ3v) is 29.4. The number of aryl methyl sites for hydroxylation is 4. The molecule has 792 valence electrons. The number of anilines is 6. The summed E-state index contributed by atoms with van der Waals surface area (Å²) in [6.45, 7) is -9.21. The van der Waals surface area contributed by atoms with Gasteiger partial charge in [-0.2, -0.15) is 19.9 Å². The Kier molecular flexibility index (Phi) is 37.0. The molecule has 143 heavy (non-hydrogen) atoms. The lowest BCUT2D eigenvalue weighted by Gasteiger charge is -2.29. The van der Waals surface area contributed by atoms with Crippen molar-refractivity contribution in [3.63, 3.8) is 0 Å². The molecule has 14 heterocycles. The summed E-state index contributed by atoms with van der Waals surface area (Å²) in [5.74, 6) is -0.745. The highest BCUT2D eigenvalue weighted by molar-refractivity contribution is 8.44. The molecule has 0 spiro atoms. The van der Waals surface area contributed by atoms with E-state index in [4.69, 9.17) is 167 Å². The van der Waals surface area contributed by atoms with Crippen LogP contribution in [0.25, 0.3) is 22.3 Å². The molecule has 6 aliphatic heterocycles. The maximum absolute atomic E-state index is 15.4. The van der Waals surface area contributed by atoms with Gasteiger partial charge in [-0.05, 0) is 46.4 Å². The highest BCUT2D eigenvalue weighted by Gasteiger charge is 2.59. The number of imidazole rings is 2. The molecule has 10 unspecified atom stereocenters. The molecular formula is C75H111N22O39P5S2. The first-order valence-corrected chi connectivity index (χ1v) is 53.4. The molecule has 28 atom stereocenters. The van der Waals surface area contributed by atoms with Gasteiger partial charge in [0.15, 0.2) is 54.1 Å². The molecule has 8 aromatic heterocycles. The second-order valence-electron chi connectivity index (χ2n) is 32.9. The third-order valence-electron chi connectivity index (χ3n) is 23.2. The van der Waals surface area contributed by atoms with E-state index in [-0.39, 0.29) is 128 Å². The van der Waals surface area contributed by atoms with Gasteiger partial charge in [-0.15, -0.1) is 0 Å². The van der Waals surface area contributed by atoms with Crippen molar-refractivity contribution in [2.75, 3.05) is 169 Å². The van der Waals surface area contributed by atoms with E-state index in [0.717, 1.165) is 26.4 Å². The van der Waals surface area contributed by atoms with Crippen LogP contribution >= 0.6 is 49.2 Å². The Morgan fingerprint density at radius 3 is 1.04 bits per heavy atom. The highest BCUT2D eigenvalue weighted by Crippen LogP contribution is 2.60. The summed E-state index contributed by atoms with van der Waals surface area (Å²) in [5, 5.41) is 11.8. The van der Waals surface area contributed by atoms with Gasteiger partial charge in [0.05, 0.1) is 124 Å². The maximum atomic E-state index is 15.4. The monoisotopic (exact) mass is 2160 g/mol. The van der Waals surface area contributed by atoms with Crippen molar-refractivity contribution in [3.8, 4) is 0 Å². The van der Waals surface area contributed by atoms with E-state index in [9.17, 15) is 43.9 Å². The molecule has 61 nitrogen and oxygen atoms in total. The van der Waals surface area contributed by atoms with Crippen LogP contribution in [0.15, 0.2) is 69.3 Å². The van der Waals surface area contributed by atoms with Crippen molar-refractivity contribution in [3.05, 3.63) is 114 Å². The molecule has 0 amide bonds. The van der Waals surface area contributed by atoms with Crippen LogP contribution in [0.4, 0.5) is 34.9 Å². The zero-order valence-corrected chi connectivity index (χ0v) is 84.2. The van der Waals surface area contributed by atoms with E-state index in [1.54, 1.807) is 20.8 Å². The van der Waals surface area contributed by atoms with E-state index in [2.05, 4.69) is 62.1 Å². The van der Waals surface area contributed by atoms with Crippen LogP contribution in [0.1, 0.15) is 73.0 Å². The minimum atomic E-state index is -5.97. The quantitative estimate of drug-likeness (QED) is 0.0127. The Bertz CT molecular complexity index is 6270. The smallest absolute Gasteiger partial charge is 0.387 e. The Balaban J connectivity index is 0.754. The molecule has 0 aromatic carbocycles. The van der Waals surface area contributed by atoms with Gasteiger partial charge < -0.3 is 144 Å². The van der Waals surface area contributed by atoms with Crippen molar-refractivity contribution < 1.29 is 164 Å². The van der Waals surface area contributed by atoms with E-state index in [0.29, 0.717) is 11.1 Å². The SMILES string of the molecule is COCCOC1[C@@H](O)[C@@H](COP(=O)(S)O[C@@H]2C(OCCOC)[C@H](n3cnc4c(N)ncnc43)O[C@@H]2COP(=O)(O)O[C@@H]2C(OCCOC)[C@H](n3cc(C)c(N)nc3=O)O[C@@H]2COP(=O)(O)O[C@@H]2C(OCCOC)[C@H](n3cc(C)c(N)nc3=O)O[C@@H]2COP(=O)(O)O[C@@H]2C(OCCOC)[C@H](n3cnc4c(N)ncnc43)O[C@@H]2COP(O)(=S)O[C@@H]2C[C@H](n3cc(C)c(N)nc3=O)O[C@@H]2C)O[C@H]1n1cc(C)c(N)nc1=O. The van der Waals surface area contributed by atoms with Gasteiger partial charge >= 0.3 is 59.7 Å². The van der Waals surface area contributed by atoms with E-state index < -0.39 is 247 Å². The van der Waals surface area contributed by atoms with E-state index in [1.165, 1.54) is 101 Å². The second-order valence-corrected chi connectivity index (χ2v) is 42.8. The number of phosphoric acid groups is 3. The fourth-order valence-electron chi connectivity index (χ4n) is 16.1. The van der Waals surface area contributed by atoms with Crippen molar-refractivity contribution in [1.82, 2.24) is 77.2 Å². The largest absolute Gasteiger partial charge is 0.472 e.